The Kier molecular flexibility index (Phi) is 5.68. The maximum Gasteiger partial charge on any atom is 0.233 e. The Hall–Kier alpha value is -2.32. The molecule has 1 saturated heterocycles. The maximum absolute atomic E-state index is 13.0. The van der Waals surface area contributed by atoms with E-state index in [1.807, 2.05) is 23.1 Å². The van der Waals surface area contributed by atoms with Crippen LogP contribution in [0.4, 0.5) is 9.52 Å². The van der Waals surface area contributed by atoms with Gasteiger partial charge in [-0.25, -0.2) is 9.37 Å². The molecule has 1 amide bonds. The summed E-state index contributed by atoms with van der Waals surface area (Å²) in [7, 11) is 1.66. The third-order valence-corrected chi connectivity index (χ3v) is 6.74. The molecule has 0 saturated carbocycles. The Labute approximate surface area is 171 Å². The van der Waals surface area contributed by atoms with Crippen LogP contribution in [0, 0.1) is 5.82 Å². The predicted molar refractivity (Wildman–Crippen MR) is 112 cm³/mol. The van der Waals surface area contributed by atoms with Gasteiger partial charge in [-0.2, -0.15) is 0 Å². The van der Waals surface area contributed by atoms with Crippen LogP contribution < -0.4 is 9.64 Å². The van der Waals surface area contributed by atoms with Crippen molar-refractivity contribution in [1.29, 1.82) is 0 Å². The normalized spacial score (nSPS) is 14.5. The summed E-state index contributed by atoms with van der Waals surface area (Å²) in [6.07, 6.45) is 0. The van der Waals surface area contributed by atoms with Gasteiger partial charge in [0.15, 0.2) is 5.13 Å². The van der Waals surface area contributed by atoms with Crippen LogP contribution in [0.15, 0.2) is 47.4 Å². The van der Waals surface area contributed by atoms with Gasteiger partial charge >= 0.3 is 0 Å². The highest BCUT2D eigenvalue weighted by Gasteiger charge is 2.23. The number of benzene rings is 2. The number of anilines is 1. The van der Waals surface area contributed by atoms with E-state index in [4.69, 9.17) is 9.72 Å². The second-order valence-corrected chi connectivity index (χ2v) is 8.50. The van der Waals surface area contributed by atoms with E-state index in [0.29, 0.717) is 18.8 Å². The predicted octanol–water partition coefficient (Wildman–Crippen LogP) is 3.88. The number of amides is 1. The zero-order chi connectivity index (χ0) is 19.5. The van der Waals surface area contributed by atoms with Crippen molar-refractivity contribution in [3.8, 4) is 5.75 Å². The van der Waals surface area contributed by atoms with Gasteiger partial charge in [0.05, 0.1) is 23.1 Å². The Morgan fingerprint density at radius 3 is 2.64 bits per heavy atom. The number of aromatic nitrogens is 1. The van der Waals surface area contributed by atoms with E-state index < -0.39 is 0 Å². The molecule has 1 fully saturated rings. The van der Waals surface area contributed by atoms with E-state index in [0.717, 1.165) is 39.1 Å². The molecule has 1 aliphatic heterocycles. The first-order chi connectivity index (χ1) is 13.6. The summed E-state index contributed by atoms with van der Waals surface area (Å²) in [5.74, 6) is 1.05. The summed E-state index contributed by atoms with van der Waals surface area (Å²) in [5, 5.41) is 0.982. The van der Waals surface area contributed by atoms with Gasteiger partial charge in [-0.1, -0.05) is 11.3 Å². The highest BCUT2D eigenvalue weighted by atomic mass is 32.2. The van der Waals surface area contributed by atoms with Gasteiger partial charge < -0.3 is 14.5 Å². The number of hydrogen-bond acceptors (Lipinski definition) is 6. The van der Waals surface area contributed by atoms with E-state index in [1.165, 1.54) is 23.9 Å². The largest absolute Gasteiger partial charge is 0.497 e. The fourth-order valence-corrected chi connectivity index (χ4v) is 4.92. The number of carbonyl (C=O) groups excluding carboxylic acids is 1. The smallest absolute Gasteiger partial charge is 0.233 e. The fraction of sp³-hybridized carbons (Fsp3) is 0.300. The van der Waals surface area contributed by atoms with Crippen LogP contribution in [-0.2, 0) is 4.79 Å². The van der Waals surface area contributed by atoms with E-state index in [2.05, 4.69) is 4.90 Å². The molecule has 0 aliphatic carbocycles. The van der Waals surface area contributed by atoms with Gasteiger partial charge in [-0.05, 0) is 42.5 Å². The quantitative estimate of drug-likeness (QED) is 0.590. The summed E-state index contributed by atoms with van der Waals surface area (Å²) in [4.78, 5) is 22.2. The standard InChI is InChI=1S/C20H20FN3O2S2/c1-26-15-4-7-17-18(12-15)28-20(22-17)24-10-8-23(9-11-24)19(25)13-27-16-5-2-14(21)3-6-16/h2-7,12H,8-11,13H2,1H3. The van der Waals surface area contributed by atoms with E-state index in [-0.39, 0.29) is 11.7 Å². The number of halogens is 1. The van der Waals surface area contributed by atoms with Crippen molar-refractivity contribution in [2.75, 3.05) is 43.9 Å². The topological polar surface area (TPSA) is 45.7 Å². The lowest BCUT2D eigenvalue weighted by Crippen LogP contribution is -2.49. The first kappa shape index (κ1) is 19.0. The average molecular weight is 418 g/mol. The van der Waals surface area contributed by atoms with Crippen molar-refractivity contribution in [3.63, 3.8) is 0 Å². The van der Waals surface area contributed by atoms with E-state index in [9.17, 15) is 9.18 Å². The number of nitrogens with zero attached hydrogens (tertiary/aromatic N) is 3. The number of carbonyl (C=O) groups is 1. The number of fused-ring (bicyclic) bond motifs is 1. The van der Waals surface area contributed by atoms with Gasteiger partial charge in [0.2, 0.25) is 5.91 Å². The molecule has 0 spiro atoms. The van der Waals surface area contributed by atoms with Crippen LogP contribution in [-0.4, -0.2) is 54.8 Å². The lowest BCUT2D eigenvalue weighted by Gasteiger charge is -2.34. The molecular weight excluding hydrogens is 397 g/mol. The second-order valence-electron chi connectivity index (χ2n) is 6.44. The molecule has 1 aromatic heterocycles. The monoisotopic (exact) mass is 417 g/mol. The summed E-state index contributed by atoms with van der Waals surface area (Å²) in [6, 6.07) is 12.1. The van der Waals surface area contributed by atoms with Crippen molar-refractivity contribution < 1.29 is 13.9 Å². The zero-order valence-corrected chi connectivity index (χ0v) is 17.1. The summed E-state index contributed by atoms with van der Waals surface area (Å²) in [6.45, 7) is 2.90. The average Bonchev–Trinajstić information content (AvgIpc) is 3.16. The Balaban J connectivity index is 1.32. The molecule has 0 N–H and O–H groups in total. The highest BCUT2D eigenvalue weighted by molar-refractivity contribution is 8.00. The molecule has 0 bridgehead atoms. The van der Waals surface area contributed by atoms with Gasteiger partial charge in [-0.15, -0.1) is 11.8 Å². The van der Waals surface area contributed by atoms with E-state index in [1.54, 1.807) is 30.6 Å². The van der Waals surface area contributed by atoms with Crippen molar-refractivity contribution in [2.45, 2.75) is 4.90 Å². The third kappa shape index (κ3) is 4.23. The molecule has 5 nitrogen and oxygen atoms in total. The summed E-state index contributed by atoms with van der Waals surface area (Å²) in [5.41, 5.74) is 0.968. The molecule has 2 aromatic carbocycles. The summed E-state index contributed by atoms with van der Waals surface area (Å²) >= 11 is 3.09. The lowest BCUT2D eigenvalue weighted by atomic mass is 10.3. The van der Waals surface area contributed by atoms with Crippen LogP contribution in [0.3, 0.4) is 0 Å². The molecule has 1 aliphatic rings. The Morgan fingerprint density at radius 2 is 1.93 bits per heavy atom. The molecule has 28 heavy (non-hydrogen) atoms. The Morgan fingerprint density at radius 1 is 1.18 bits per heavy atom. The number of rotatable bonds is 5. The molecule has 146 valence electrons. The molecule has 4 rings (SSSR count). The minimum absolute atomic E-state index is 0.114. The molecule has 0 atom stereocenters. The number of methoxy groups -OCH3 is 1. The van der Waals surface area contributed by atoms with Crippen molar-refractivity contribution >= 4 is 44.4 Å². The van der Waals surface area contributed by atoms with Gasteiger partial charge in [-0.3, -0.25) is 4.79 Å². The van der Waals surface area contributed by atoms with Crippen LogP contribution in [0.5, 0.6) is 5.75 Å². The summed E-state index contributed by atoms with van der Waals surface area (Å²) < 4.78 is 19.3. The van der Waals surface area contributed by atoms with Crippen LogP contribution in [0.2, 0.25) is 0 Å². The molecule has 2 heterocycles. The number of thioether (sulfide) groups is 1. The van der Waals surface area contributed by atoms with Crippen molar-refractivity contribution in [1.82, 2.24) is 9.88 Å². The van der Waals surface area contributed by atoms with Crippen LogP contribution in [0.1, 0.15) is 0 Å². The number of hydrogen-bond donors (Lipinski definition) is 0. The van der Waals surface area contributed by atoms with Gasteiger partial charge in [0.25, 0.3) is 0 Å². The van der Waals surface area contributed by atoms with E-state index >= 15 is 0 Å². The minimum atomic E-state index is -0.264. The molecule has 3 aromatic rings. The van der Waals surface area contributed by atoms with Gasteiger partial charge in [0.1, 0.15) is 11.6 Å². The third-order valence-electron chi connectivity index (χ3n) is 4.66. The fourth-order valence-electron chi connectivity index (χ4n) is 3.07. The van der Waals surface area contributed by atoms with Crippen molar-refractivity contribution in [2.24, 2.45) is 0 Å². The first-order valence-corrected chi connectivity index (χ1v) is 10.8. The molecule has 8 heteroatoms. The Bertz CT molecular complexity index is 969. The van der Waals surface area contributed by atoms with Gasteiger partial charge in [0, 0.05) is 31.1 Å². The molecule has 0 unspecified atom stereocenters. The number of piperazine rings is 1. The lowest BCUT2D eigenvalue weighted by molar-refractivity contribution is -0.128. The van der Waals surface area contributed by atoms with Crippen molar-refractivity contribution in [3.05, 3.63) is 48.3 Å². The zero-order valence-electron chi connectivity index (χ0n) is 15.4. The SMILES string of the molecule is COc1ccc2nc(N3CCN(C(=O)CSc4ccc(F)cc4)CC3)sc2c1. The second kappa shape index (κ2) is 8.36. The minimum Gasteiger partial charge on any atom is -0.497 e. The maximum atomic E-state index is 13.0. The number of ether oxygens (including phenoxy) is 1. The highest BCUT2D eigenvalue weighted by Crippen LogP contribution is 2.32. The number of thiazole rings is 1. The molecule has 0 radical (unpaired) electrons. The molecular formula is C20H20FN3O2S2. The van der Waals surface area contributed by atoms with Crippen LogP contribution >= 0.6 is 23.1 Å². The first-order valence-electron chi connectivity index (χ1n) is 8.98. The van der Waals surface area contributed by atoms with Crippen LogP contribution in [0.25, 0.3) is 10.2 Å².